The van der Waals surface area contributed by atoms with Gasteiger partial charge in [-0.05, 0) is 37.9 Å². The lowest BCUT2D eigenvalue weighted by molar-refractivity contribution is 0.674. The van der Waals surface area contributed by atoms with Crippen molar-refractivity contribution in [2.24, 2.45) is 0 Å². The average Bonchev–Trinajstić information content (AvgIpc) is 2.74. The number of halogens is 2. The number of rotatable bonds is 4. The van der Waals surface area contributed by atoms with Gasteiger partial charge in [0.25, 0.3) is 0 Å². The monoisotopic (exact) mass is 361 g/mol. The molecule has 0 unspecified atom stereocenters. The second kappa shape index (κ2) is 5.86. The zero-order valence-corrected chi connectivity index (χ0v) is 12.3. The molecule has 3 nitrogen and oxygen atoms in total. The topological polar surface area (TPSA) is 37.8 Å². The summed E-state index contributed by atoms with van der Waals surface area (Å²) in [5.41, 5.74) is 1.000. The predicted octanol–water partition coefficient (Wildman–Crippen LogP) is 3.35. The van der Waals surface area contributed by atoms with E-state index in [1.54, 1.807) is 17.5 Å². The van der Waals surface area contributed by atoms with Gasteiger partial charge in [0.05, 0.1) is 5.69 Å². The zero-order chi connectivity index (χ0) is 11.4. The number of nitrogens with one attached hydrogen (secondary N) is 1. The van der Waals surface area contributed by atoms with Crippen molar-refractivity contribution < 1.29 is 0 Å². The predicted molar refractivity (Wildman–Crippen MR) is 72.3 cm³/mol. The molecule has 0 aliphatic heterocycles. The van der Waals surface area contributed by atoms with Gasteiger partial charge in [-0.25, -0.2) is 4.98 Å². The highest BCUT2D eigenvalue weighted by atomic mass is 79.9. The molecule has 2 aromatic heterocycles. The van der Waals surface area contributed by atoms with Gasteiger partial charge in [0.15, 0.2) is 0 Å². The maximum Gasteiger partial charge on any atom is 0.106 e. The Balaban J connectivity index is 1.90. The van der Waals surface area contributed by atoms with Crippen LogP contribution < -0.4 is 5.32 Å². The molecule has 0 radical (unpaired) electrons. The number of aromatic nitrogens is 2. The summed E-state index contributed by atoms with van der Waals surface area (Å²) in [6.45, 7) is 1.51. The first-order valence-corrected chi connectivity index (χ1v) is 7.11. The summed E-state index contributed by atoms with van der Waals surface area (Å²) in [7, 11) is 0. The summed E-state index contributed by atoms with van der Waals surface area (Å²) in [6.07, 6.45) is 3.61. The second-order valence-electron chi connectivity index (χ2n) is 3.11. The minimum absolute atomic E-state index is 0.730. The Morgan fingerprint density at radius 3 is 2.81 bits per heavy atom. The second-order valence-corrected chi connectivity index (χ2v) is 5.86. The van der Waals surface area contributed by atoms with Gasteiger partial charge in [0.1, 0.15) is 5.01 Å². The quantitative estimate of drug-likeness (QED) is 0.906. The minimum Gasteiger partial charge on any atom is -0.305 e. The first kappa shape index (κ1) is 12.2. The number of hydrogen-bond acceptors (Lipinski definition) is 4. The van der Waals surface area contributed by atoms with Crippen molar-refractivity contribution in [2.45, 2.75) is 13.1 Å². The number of thiazole rings is 1. The third-order valence-electron chi connectivity index (χ3n) is 1.94. The van der Waals surface area contributed by atoms with Crippen LogP contribution in [0.15, 0.2) is 32.8 Å². The fourth-order valence-corrected chi connectivity index (χ4v) is 2.91. The molecule has 2 rings (SSSR count). The molecule has 0 atom stereocenters. The van der Waals surface area contributed by atoms with Crippen LogP contribution in [-0.2, 0) is 13.1 Å². The van der Waals surface area contributed by atoms with E-state index >= 15 is 0 Å². The zero-order valence-electron chi connectivity index (χ0n) is 8.28. The molecular formula is C10H9Br2N3S. The molecule has 0 saturated heterocycles. The first-order valence-electron chi connectivity index (χ1n) is 4.64. The van der Waals surface area contributed by atoms with Crippen LogP contribution >= 0.6 is 43.2 Å². The molecule has 16 heavy (non-hydrogen) atoms. The van der Waals surface area contributed by atoms with Crippen LogP contribution in [0.25, 0.3) is 0 Å². The molecule has 0 fully saturated rings. The van der Waals surface area contributed by atoms with Gasteiger partial charge in [-0.1, -0.05) is 0 Å². The first-order chi connectivity index (χ1) is 7.75. The highest BCUT2D eigenvalue weighted by Crippen LogP contribution is 2.19. The largest absolute Gasteiger partial charge is 0.305 e. The van der Waals surface area contributed by atoms with Crippen LogP contribution in [0, 0.1) is 0 Å². The van der Waals surface area contributed by atoms with Crippen molar-refractivity contribution in [1.29, 1.82) is 0 Å². The fraction of sp³-hybridized carbons (Fsp3) is 0.200. The van der Waals surface area contributed by atoms with Crippen LogP contribution in [0.3, 0.4) is 0 Å². The summed E-state index contributed by atoms with van der Waals surface area (Å²) < 4.78 is 1.98. The molecule has 0 aliphatic rings. The van der Waals surface area contributed by atoms with E-state index in [1.807, 2.05) is 17.6 Å². The van der Waals surface area contributed by atoms with Crippen LogP contribution in [0.2, 0.25) is 0 Å². The fourth-order valence-electron chi connectivity index (χ4n) is 1.20. The molecule has 0 amide bonds. The SMILES string of the molecule is Brc1cnc(CNCc2nccs2)c(Br)c1. The van der Waals surface area contributed by atoms with E-state index in [2.05, 4.69) is 47.1 Å². The van der Waals surface area contributed by atoms with E-state index in [0.29, 0.717) is 0 Å². The van der Waals surface area contributed by atoms with E-state index < -0.39 is 0 Å². The lowest BCUT2D eigenvalue weighted by atomic mass is 10.3. The molecule has 6 heteroatoms. The Labute approximate surface area is 115 Å². The molecule has 0 bridgehead atoms. The summed E-state index contributed by atoms with van der Waals surface area (Å²) >= 11 is 8.51. The molecule has 1 N–H and O–H groups in total. The standard InChI is InChI=1S/C10H9Br2N3S/c11-7-3-8(12)9(15-4-7)5-13-6-10-14-1-2-16-10/h1-4,13H,5-6H2. The van der Waals surface area contributed by atoms with Crippen LogP contribution in [-0.4, -0.2) is 9.97 Å². The van der Waals surface area contributed by atoms with Gasteiger partial charge in [0, 0.05) is 39.8 Å². The number of hydrogen-bond donors (Lipinski definition) is 1. The highest BCUT2D eigenvalue weighted by molar-refractivity contribution is 9.11. The van der Waals surface area contributed by atoms with Crippen molar-refractivity contribution in [3.05, 3.63) is 43.5 Å². The number of pyridine rings is 1. The van der Waals surface area contributed by atoms with E-state index in [-0.39, 0.29) is 0 Å². The van der Waals surface area contributed by atoms with E-state index in [1.165, 1.54) is 0 Å². The van der Waals surface area contributed by atoms with Crippen LogP contribution in [0.4, 0.5) is 0 Å². The Kier molecular flexibility index (Phi) is 4.45. The highest BCUT2D eigenvalue weighted by Gasteiger charge is 2.02. The van der Waals surface area contributed by atoms with Gasteiger partial charge >= 0.3 is 0 Å². The van der Waals surface area contributed by atoms with Gasteiger partial charge in [-0.15, -0.1) is 11.3 Å². The van der Waals surface area contributed by atoms with Gasteiger partial charge in [0.2, 0.25) is 0 Å². The normalized spacial score (nSPS) is 10.6. The molecule has 0 aliphatic carbocycles. The summed E-state index contributed by atoms with van der Waals surface area (Å²) in [5.74, 6) is 0. The van der Waals surface area contributed by atoms with Crippen molar-refractivity contribution in [1.82, 2.24) is 15.3 Å². The lowest BCUT2D eigenvalue weighted by Crippen LogP contribution is -2.13. The van der Waals surface area contributed by atoms with E-state index in [4.69, 9.17) is 0 Å². The van der Waals surface area contributed by atoms with E-state index in [9.17, 15) is 0 Å². The van der Waals surface area contributed by atoms with E-state index in [0.717, 1.165) is 32.7 Å². The van der Waals surface area contributed by atoms with Crippen molar-refractivity contribution in [3.63, 3.8) is 0 Å². The molecule has 2 aromatic rings. The minimum atomic E-state index is 0.730. The average molecular weight is 363 g/mol. The molecule has 0 saturated carbocycles. The molecule has 84 valence electrons. The Morgan fingerprint density at radius 2 is 2.12 bits per heavy atom. The Bertz CT molecular complexity index is 459. The molecule has 2 heterocycles. The third kappa shape index (κ3) is 3.35. The summed E-state index contributed by atoms with van der Waals surface area (Å²) in [6, 6.07) is 1.99. The van der Waals surface area contributed by atoms with Crippen molar-refractivity contribution in [3.8, 4) is 0 Å². The maximum atomic E-state index is 4.32. The smallest absolute Gasteiger partial charge is 0.106 e. The Hall–Kier alpha value is -0.300. The van der Waals surface area contributed by atoms with Crippen LogP contribution in [0.5, 0.6) is 0 Å². The number of nitrogens with zero attached hydrogens (tertiary/aromatic N) is 2. The maximum absolute atomic E-state index is 4.32. The summed E-state index contributed by atoms with van der Waals surface area (Å²) in [5, 5.41) is 6.37. The molecule has 0 aromatic carbocycles. The third-order valence-corrected chi connectivity index (χ3v) is 3.84. The lowest BCUT2D eigenvalue weighted by Gasteiger charge is -2.04. The van der Waals surface area contributed by atoms with Crippen molar-refractivity contribution >= 4 is 43.2 Å². The van der Waals surface area contributed by atoms with Crippen molar-refractivity contribution in [2.75, 3.05) is 0 Å². The summed E-state index contributed by atoms with van der Waals surface area (Å²) in [4.78, 5) is 8.52. The Morgan fingerprint density at radius 1 is 1.25 bits per heavy atom. The van der Waals surface area contributed by atoms with Gasteiger partial charge < -0.3 is 5.32 Å². The van der Waals surface area contributed by atoms with Gasteiger partial charge in [-0.3, -0.25) is 4.98 Å². The van der Waals surface area contributed by atoms with Crippen LogP contribution in [0.1, 0.15) is 10.7 Å². The van der Waals surface area contributed by atoms with Gasteiger partial charge in [-0.2, -0.15) is 0 Å². The molecular weight excluding hydrogens is 354 g/mol. The molecule has 0 spiro atoms.